The van der Waals surface area contributed by atoms with Crippen LogP contribution in [0.5, 0.6) is 0 Å². The first-order valence-corrected chi connectivity index (χ1v) is 6.55. The van der Waals surface area contributed by atoms with Gasteiger partial charge in [-0.1, -0.05) is 5.16 Å². The van der Waals surface area contributed by atoms with Gasteiger partial charge in [0.05, 0.1) is 16.6 Å². The van der Waals surface area contributed by atoms with E-state index in [1.54, 1.807) is 0 Å². The largest absolute Gasteiger partial charge is 0.300 e. The summed E-state index contributed by atoms with van der Waals surface area (Å²) in [4.78, 5) is 15.2. The number of Topliss-reactive ketones (excluding diaryl/α,β-unsaturated/α-hetero) is 1. The van der Waals surface area contributed by atoms with Crippen molar-refractivity contribution in [1.82, 2.24) is 15.8 Å². The van der Waals surface area contributed by atoms with Gasteiger partial charge in [0.15, 0.2) is 11.5 Å². The van der Waals surface area contributed by atoms with Crippen molar-refractivity contribution >= 4 is 33.2 Å². The molecule has 1 heterocycles. The van der Waals surface area contributed by atoms with Crippen molar-refractivity contribution in [1.29, 1.82) is 0 Å². The highest BCUT2D eigenvalue weighted by atomic mass is 79.9. The molecule has 0 unspecified atom stereocenters. The maximum Gasteiger partial charge on any atom is 0.182 e. The monoisotopic (exact) mass is 356 g/mol. The lowest BCUT2D eigenvalue weighted by molar-refractivity contribution is -0.116. The summed E-state index contributed by atoms with van der Waals surface area (Å²) in [5, 5.41) is 16.4. The standard InChI is InChI=1S/C12H10BrFN4O3/c1-6(19)4-10-11(18-21-17-10)12(16-20)15-7-2-3-9(14)8(13)5-7/h2-3,5,20H,4H2,1H3,(H,15,16). The van der Waals surface area contributed by atoms with Crippen molar-refractivity contribution in [3.8, 4) is 0 Å². The summed E-state index contributed by atoms with van der Waals surface area (Å²) in [6, 6.07) is 4.05. The molecular formula is C12H10BrFN4O3. The van der Waals surface area contributed by atoms with Gasteiger partial charge in [-0.05, 0) is 46.2 Å². The fourth-order valence-electron chi connectivity index (χ4n) is 1.55. The van der Waals surface area contributed by atoms with Crippen LogP contribution in [0, 0.1) is 5.82 Å². The van der Waals surface area contributed by atoms with E-state index < -0.39 is 5.82 Å². The second-order valence-corrected chi connectivity index (χ2v) is 4.96. The summed E-state index contributed by atoms with van der Waals surface area (Å²) in [7, 11) is 0. The second kappa shape index (κ2) is 6.55. The predicted molar refractivity (Wildman–Crippen MR) is 73.9 cm³/mol. The Labute approximate surface area is 126 Å². The van der Waals surface area contributed by atoms with E-state index in [0.717, 1.165) is 0 Å². The first-order valence-electron chi connectivity index (χ1n) is 5.76. The van der Waals surface area contributed by atoms with E-state index >= 15 is 0 Å². The molecule has 110 valence electrons. The number of amidine groups is 1. The number of nitrogens with one attached hydrogen (secondary N) is 1. The maximum atomic E-state index is 13.2. The van der Waals surface area contributed by atoms with Crippen LogP contribution in [0.15, 0.2) is 32.3 Å². The third kappa shape index (κ3) is 3.70. The van der Waals surface area contributed by atoms with E-state index in [0.29, 0.717) is 5.69 Å². The van der Waals surface area contributed by atoms with Crippen molar-refractivity contribution in [3.05, 3.63) is 39.9 Å². The minimum absolute atomic E-state index is 0.00730. The molecule has 0 atom stereocenters. The number of hydroxylamine groups is 1. The Morgan fingerprint density at radius 1 is 1.52 bits per heavy atom. The number of aromatic nitrogens is 2. The molecule has 2 aromatic rings. The summed E-state index contributed by atoms with van der Waals surface area (Å²) >= 11 is 3.04. The SMILES string of the molecule is CC(=O)Cc1nonc1C(=Nc1ccc(F)c(Br)c1)NO. The highest BCUT2D eigenvalue weighted by Gasteiger charge is 2.17. The zero-order valence-electron chi connectivity index (χ0n) is 10.8. The van der Waals surface area contributed by atoms with Crippen molar-refractivity contribution in [3.63, 3.8) is 0 Å². The van der Waals surface area contributed by atoms with Crippen LogP contribution < -0.4 is 5.48 Å². The molecule has 0 saturated carbocycles. The maximum absolute atomic E-state index is 13.2. The van der Waals surface area contributed by atoms with Gasteiger partial charge in [0, 0.05) is 0 Å². The van der Waals surface area contributed by atoms with Crippen LogP contribution in [0.3, 0.4) is 0 Å². The number of benzene rings is 1. The second-order valence-electron chi connectivity index (χ2n) is 4.11. The van der Waals surface area contributed by atoms with E-state index in [-0.39, 0.29) is 33.9 Å². The molecule has 0 fully saturated rings. The Morgan fingerprint density at radius 2 is 2.29 bits per heavy atom. The summed E-state index contributed by atoms with van der Waals surface area (Å²) < 4.78 is 17.9. The molecule has 9 heteroatoms. The molecule has 0 aliphatic heterocycles. The number of hydrogen-bond acceptors (Lipinski definition) is 6. The molecule has 0 aliphatic rings. The Balaban J connectivity index is 2.39. The minimum atomic E-state index is -0.437. The normalized spacial score (nSPS) is 11.5. The molecule has 0 saturated heterocycles. The third-order valence-electron chi connectivity index (χ3n) is 2.45. The van der Waals surface area contributed by atoms with E-state index in [2.05, 4.69) is 35.9 Å². The number of aliphatic imine (C=N–C) groups is 1. The van der Waals surface area contributed by atoms with Crippen LogP contribution in [0.4, 0.5) is 10.1 Å². The summed E-state index contributed by atoms with van der Waals surface area (Å²) in [6.45, 7) is 1.39. The average Bonchev–Trinajstić information content (AvgIpc) is 2.87. The topological polar surface area (TPSA) is 101 Å². The zero-order valence-corrected chi connectivity index (χ0v) is 12.4. The van der Waals surface area contributed by atoms with Crippen LogP contribution >= 0.6 is 15.9 Å². The van der Waals surface area contributed by atoms with Gasteiger partial charge in [0.2, 0.25) is 0 Å². The Bertz CT molecular complexity index is 702. The molecule has 0 spiro atoms. The molecule has 1 aromatic heterocycles. The van der Waals surface area contributed by atoms with Crippen molar-refractivity contribution in [2.75, 3.05) is 0 Å². The summed E-state index contributed by atoms with van der Waals surface area (Å²) in [5.74, 6) is -0.646. The Hall–Kier alpha value is -2.13. The van der Waals surface area contributed by atoms with Crippen LogP contribution in [-0.2, 0) is 11.2 Å². The molecule has 2 rings (SSSR count). The van der Waals surface area contributed by atoms with E-state index in [1.807, 2.05) is 5.48 Å². The van der Waals surface area contributed by atoms with Crippen LogP contribution in [0.25, 0.3) is 0 Å². The quantitative estimate of drug-likeness (QED) is 0.494. The van der Waals surface area contributed by atoms with E-state index in [9.17, 15) is 14.4 Å². The fourth-order valence-corrected chi connectivity index (χ4v) is 1.92. The molecule has 0 amide bonds. The van der Waals surface area contributed by atoms with E-state index in [4.69, 9.17) is 0 Å². The number of hydrogen-bond donors (Lipinski definition) is 2. The zero-order chi connectivity index (χ0) is 15.4. The van der Waals surface area contributed by atoms with Crippen LogP contribution in [0.2, 0.25) is 0 Å². The van der Waals surface area contributed by atoms with Gasteiger partial charge < -0.3 is 0 Å². The highest BCUT2D eigenvalue weighted by Crippen LogP contribution is 2.22. The minimum Gasteiger partial charge on any atom is -0.300 e. The number of rotatable bonds is 4. The van der Waals surface area contributed by atoms with Gasteiger partial charge in [0.25, 0.3) is 0 Å². The van der Waals surface area contributed by atoms with Crippen LogP contribution in [0.1, 0.15) is 18.3 Å². The van der Waals surface area contributed by atoms with Crippen molar-refractivity contribution < 1.29 is 19.0 Å². The molecule has 1 aromatic carbocycles. The first-order chi connectivity index (χ1) is 10.0. The lowest BCUT2D eigenvalue weighted by Gasteiger charge is -2.03. The molecule has 0 aliphatic carbocycles. The van der Waals surface area contributed by atoms with Crippen molar-refractivity contribution in [2.24, 2.45) is 4.99 Å². The molecule has 7 nitrogen and oxygen atoms in total. The van der Waals surface area contributed by atoms with Gasteiger partial charge in [-0.2, -0.15) is 0 Å². The predicted octanol–water partition coefficient (Wildman–Crippen LogP) is 2.16. The highest BCUT2D eigenvalue weighted by molar-refractivity contribution is 9.10. The summed E-state index contributed by atoms with van der Waals surface area (Å²) in [5.41, 5.74) is 2.57. The summed E-state index contributed by atoms with van der Waals surface area (Å²) in [6.07, 6.45) is -0.00730. The van der Waals surface area contributed by atoms with E-state index in [1.165, 1.54) is 25.1 Å². The third-order valence-corrected chi connectivity index (χ3v) is 3.05. The van der Waals surface area contributed by atoms with Crippen molar-refractivity contribution in [2.45, 2.75) is 13.3 Å². The van der Waals surface area contributed by atoms with Gasteiger partial charge in [-0.25, -0.2) is 14.0 Å². The van der Waals surface area contributed by atoms with Gasteiger partial charge in [-0.15, -0.1) is 0 Å². The number of nitrogens with zero attached hydrogens (tertiary/aromatic N) is 3. The molecule has 0 bridgehead atoms. The van der Waals surface area contributed by atoms with Gasteiger partial charge in [-0.3, -0.25) is 15.5 Å². The Kier molecular flexibility index (Phi) is 4.76. The van der Waals surface area contributed by atoms with Crippen LogP contribution in [-0.4, -0.2) is 27.1 Å². The molecule has 2 N–H and O–H groups in total. The average molecular weight is 357 g/mol. The lowest BCUT2D eigenvalue weighted by Crippen LogP contribution is -2.22. The molecule has 0 radical (unpaired) electrons. The first kappa shape index (κ1) is 15.3. The lowest BCUT2D eigenvalue weighted by atomic mass is 10.2. The fraction of sp³-hybridized carbons (Fsp3) is 0.167. The Morgan fingerprint density at radius 3 is 2.90 bits per heavy atom. The molecular weight excluding hydrogens is 347 g/mol. The van der Waals surface area contributed by atoms with Gasteiger partial charge in [0.1, 0.15) is 17.3 Å². The number of halogens is 2. The number of ketones is 1. The number of carbonyl (C=O) groups excluding carboxylic acids is 1. The smallest absolute Gasteiger partial charge is 0.182 e. The van der Waals surface area contributed by atoms with Gasteiger partial charge >= 0.3 is 0 Å². The number of carbonyl (C=O) groups is 1. The molecule has 21 heavy (non-hydrogen) atoms.